The normalized spacial score (nSPS) is 10.3. The Hall–Kier alpha value is -1.26. The van der Waals surface area contributed by atoms with Gasteiger partial charge in [0.05, 0.1) is 5.69 Å². The molecule has 0 atom stereocenters. The predicted molar refractivity (Wildman–Crippen MR) is 65.4 cm³/mol. The molecular formula is C12H20N2O2. The van der Waals surface area contributed by atoms with Gasteiger partial charge >= 0.3 is 0 Å². The number of anilines is 2. The maximum atomic E-state index is 8.96. The molecule has 4 heteroatoms. The summed E-state index contributed by atoms with van der Waals surface area (Å²) < 4.78 is 0. The molecule has 0 heterocycles. The summed E-state index contributed by atoms with van der Waals surface area (Å²) in [7, 11) is 0. The lowest BCUT2D eigenvalue weighted by Gasteiger charge is -2.24. The van der Waals surface area contributed by atoms with Crippen molar-refractivity contribution in [1.29, 1.82) is 0 Å². The fourth-order valence-electron chi connectivity index (χ4n) is 1.85. The van der Waals surface area contributed by atoms with Gasteiger partial charge in [-0.25, -0.2) is 0 Å². The quantitative estimate of drug-likeness (QED) is 0.755. The summed E-state index contributed by atoms with van der Waals surface area (Å²) in [6.45, 7) is 8.18. The van der Waals surface area contributed by atoms with Crippen LogP contribution in [0.2, 0.25) is 0 Å². The van der Waals surface area contributed by atoms with Crippen molar-refractivity contribution < 1.29 is 10.4 Å². The van der Waals surface area contributed by atoms with Crippen molar-refractivity contribution in [3.8, 4) is 0 Å². The van der Waals surface area contributed by atoms with Gasteiger partial charge in [0.1, 0.15) is 0 Å². The van der Waals surface area contributed by atoms with E-state index in [2.05, 4.69) is 25.7 Å². The summed E-state index contributed by atoms with van der Waals surface area (Å²) in [6, 6.07) is 5.43. The molecular weight excluding hydrogens is 204 g/mol. The average molecular weight is 224 g/mol. The first kappa shape index (κ1) is 12.8. The van der Waals surface area contributed by atoms with Gasteiger partial charge in [-0.2, -0.15) is 0 Å². The van der Waals surface area contributed by atoms with E-state index in [0.717, 1.165) is 30.8 Å². The van der Waals surface area contributed by atoms with Crippen LogP contribution in [-0.4, -0.2) is 23.5 Å². The molecule has 0 aromatic heterocycles. The zero-order valence-electron chi connectivity index (χ0n) is 10.1. The van der Waals surface area contributed by atoms with Gasteiger partial charge in [-0.15, -0.1) is 5.23 Å². The van der Waals surface area contributed by atoms with Crippen molar-refractivity contribution in [2.45, 2.75) is 27.2 Å². The van der Waals surface area contributed by atoms with Gasteiger partial charge in [0, 0.05) is 18.8 Å². The molecule has 0 fully saturated rings. The second-order valence-corrected chi connectivity index (χ2v) is 3.63. The molecule has 0 spiro atoms. The summed E-state index contributed by atoms with van der Waals surface area (Å²) in [5.41, 5.74) is 2.68. The number of aryl methyl sites for hydroxylation is 1. The predicted octanol–water partition coefficient (Wildman–Crippen LogP) is 2.68. The van der Waals surface area contributed by atoms with Crippen LogP contribution in [0.1, 0.15) is 26.3 Å². The Morgan fingerprint density at radius 1 is 1.06 bits per heavy atom. The van der Waals surface area contributed by atoms with Crippen LogP contribution < -0.4 is 10.1 Å². The Labute approximate surface area is 96.6 Å². The van der Waals surface area contributed by atoms with Crippen LogP contribution in [0.15, 0.2) is 18.2 Å². The first-order valence-electron chi connectivity index (χ1n) is 5.69. The number of rotatable bonds is 5. The maximum Gasteiger partial charge on any atom is 0.0947 e. The molecule has 1 aromatic carbocycles. The van der Waals surface area contributed by atoms with E-state index < -0.39 is 0 Å². The minimum absolute atomic E-state index is 0.158. The van der Waals surface area contributed by atoms with Gasteiger partial charge in [0.15, 0.2) is 0 Å². The van der Waals surface area contributed by atoms with Gasteiger partial charge < -0.3 is 4.90 Å². The van der Waals surface area contributed by atoms with Crippen LogP contribution in [0.3, 0.4) is 0 Å². The summed E-state index contributed by atoms with van der Waals surface area (Å²) in [5.74, 6) is 0. The molecule has 0 amide bonds. The lowest BCUT2D eigenvalue weighted by molar-refractivity contribution is 0.0291. The highest BCUT2D eigenvalue weighted by molar-refractivity contribution is 5.60. The van der Waals surface area contributed by atoms with Gasteiger partial charge in [-0.05, 0) is 44.0 Å². The zero-order chi connectivity index (χ0) is 12.1. The molecule has 1 rings (SSSR count). The molecule has 0 bridgehead atoms. The second-order valence-electron chi connectivity index (χ2n) is 3.63. The van der Waals surface area contributed by atoms with E-state index in [1.807, 2.05) is 6.07 Å². The average Bonchev–Trinajstić information content (AvgIpc) is 2.30. The second kappa shape index (κ2) is 5.72. The van der Waals surface area contributed by atoms with E-state index in [1.165, 1.54) is 0 Å². The Morgan fingerprint density at radius 2 is 1.69 bits per heavy atom. The molecule has 0 aliphatic rings. The Bertz CT molecular complexity index is 336. The monoisotopic (exact) mass is 224 g/mol. The summed E-state index contributed by atoms with van der Waals surface area (Å²) in [6.07, 6.45) is 0.869. The van der Waals surface area contributed by atoms with Crippen molar-refractivity contribution >= 4 is 11.4 Å². The molecule has 0 aliphatic heterocycles. The van der Waals surface area contributed by atoms with Crippen LogP contribution >= 0.6 is 0 Å². The third-order valence-electron chi connectivity index (χ3n) is 2.78. The molecule has 16 heavy (non-hydrogen) atoms. The van der Waals surface area contributed by atoms with E-state index in [1.54, 1.807) is 12.1 Å². The van der Waals surface area contributed by atoms with E-state index in [0.29, 0.717) is 5.69 Å². The maximum absolute atomic E-state index is 8.96. The molecule has 0 radical (unpaired) electrons. The summed E-state index contributed by atoms with van der Waals surface area (Å²) >= 11 is 0. The van der Waals surface area contributed by atoms with Crippen LogP contribution in [0.4, 0.5) is 11.4 Å². The van der Waals surface area contributed by atoms with Gasteiger partial charge in [-0.1, -0.05) is 6.92 Å². The molecule has 0 unspecified atom stereocenters. The largest absolute Gasteiger partial charge is 0.372 e. The lowest BCUT2D eigenvalue weighted by atomic mass is 10.1. The third kappa shape index (κ3) is 2.65. The van der Waals surface area contributed by atoms with E-state index in [4.69, 9.17) is 10.4 Å². The van der Waals surface area contributed by atoms with Gasteiger partial charge in [0.25, 0.3) is 0 Å². The molecule has 0 saturated carbocycles. The minimum atomic E-state index is 0.158. The molecule has 2 N–H and O–H groups in total. The summed E-state index contributed by atoms with van der Waals surface area (Å²) in [5, 5.41) is 18.1. The smallest absolute Gasteiger partial charge is 0.0947 e. The molecule has 0 saturated heterocycles. The Morgan fingerprint density at radius 3 is 2.12 bits per heavy atom. The highest BCUT2D eigenvalue weighted by atomic mass is 16.8. The number of nitrogens with zero attached hydrogens (tertiary/aromatic N) is 2. The number of benzene rings is 1. The SMILES string of the molecule is CCc1cc(N(O)O)ccc1N(CC)CC. The van der Waals surface area contributed by atoms with Crippen LogP contribution in [0.5, 0.6) is 0 Å². The molecule has 4 nitrogen and oxygen atoms in total. The van der Waals surface area contributed by atoms with Crippen molar-refractivity contribution in [1.82, 2.24) is 0 Å². The summed E-state index contributed by atoms with van der Waals surface area (Å²) in [4.78, 5) is 2.25. The van der Waals surface area contributed by atoms with E-state index in [-0.39, 0.29) is 5.23 Å². The number of hydrogen-bond acceptors (Lipinski definition) is 4. The number of hydrogen-bond donors (Lipinski definition) is 2. The molecule has 1 aromatic rings. The Balaban J connectivity index is 3.10. The van der Waals surface area contributed by atoms with E-state index >= 15 is 0 Å². The van der Waals surface area contributed by atoms with Crippen molar-refractivity contribution in [2.24, 2.45) is 0 Å². The molecule has 90 valence electrons. The van der Waals surface area contributed by atoms with Gasteiger partial charge in [-0.3, -0.25) is 10.4 Å². The lowest BCUT2D eigenvalue weighted by Crippen LogP contribution is -2.23. The fourth-order valence-corrected chi connectivity index (χ4v) is 1.85. The fraction of sp³-hybridized carbons (Fsp3) is 0.500. The molecule has 0 aliphatic carbocycles. The topological polar surface area (TPSA) is 46.9 Å². The van der Waals surface area contributed by atoms with Crippen LogP contribution in [0.25, 0.3) is 0 Å². The Kier molecular flexibility index (Phi) is 4.58. The van der Waals surface area contributed by atoms with Crippen molar-refractivity contribution in [3.63, 3.8) is 0 Å². The van der Waals surface area contributed by atoms with Crippen molar-refractivity contribution in [2.75, 3.05) is 23.2 Å². The van der Waals surface area contributed by atoms with Crippen molar-refractivity contribution in [3.05, 3.63) is 23.8 Å². The first-order chi connectivity index (χ1) is 7.63. The highest BCUT2D eigenvalue weighted by Gasteiger charge is 2.09. The van der Waals surface area contributed by atoms with Crippen LogP contribution in [0, 0.1) is 0 Å². The zero-order valence-corrected chi connectivity index (χ0v) is 10.1. The van der Waals surface area contributed by atoms with Crippen LogP contribution in [-0.2, 0) is 6.42 Å². The van der Waals surface area contributed by atoms with Gasteiger partial charge in [0.2, 0.25) is 0 Å². The third-order valence-corrected chi connectivity index (χ3v) is 2.78. The van der Waals surface area contributed by atoms with E-state index in [9.17, 15) is 0 Å². The first-order valence-corrected chi connectivity index (χ1v) is 5.69. The standard InChI is InChI=1S/C12H20N2O2/c1-4-10-9-11(14(15)16)7-8-12(10)13(5-2)6-3/h7-9,15-16H,4-6H2,1-3H3. The minimum Gasteiger partial charge on any atom is -0.372 e. The highest BCUT2D eigenvalue weighted by Crippen LogP contribution is 2.25.